The molecule has 0 aromatic heterocycles. The Balaban J connectivity index is 0.000000497. The number of rotatable bonds is 4. The lowest BCUT2D eigenvalue weighted by atomic mass is 10.0. The maximum absolute atomic E-state index is 9.00. The van der Waals surface area contributed by atoms with E-state index in [9.17, 15) is 0 Å². The fourth-order valence-corrected chi connectivity index (χ4v) is 2.98. The van der Waals surface area contributed by atoms with E-state index in [1.165, 1.54) is 38.3 Å². The summed E-state index contributed by atoms with van der Waals surface area (Å²) in [5.74, 6) is -1.01. The minimum atomic E-state index is -0.833. The molecule has 1 atom stereocenters. The van der Waals surface area contributed by atoms with Gasteiger partial charge in [-0.05, 0) is 31.5 Å². The van der Waals surface area contributed by atoms with Crippen LogP contribution >= 0.6 is 23.2 Å². The zero-order chi connectivity index (χ0) is 23.6. The van der Waals surface area contributed by atoms with E-state index in [0.717, 1.165) is 20.0 Å². The highest BCUT2D eigenvalue weighted by molar-refractivity contribution is 6.38. The van der Waals surface area contributed by atoms with Gasteiger partial charge in [-0.1, -0.05) is 48.5 Å². The van der Waals surface area contributed by atoms with E-state index < -0.39 is 5.97 Å². The number of halogens is 2. The Labute approximate surface area is 192 Å². The van der Waals surface area contributed by atoms with Gasteiger partial charge in [-0.3, -0.25) is 15.6 Å². The van der Waals surface area contributed by atoms with Crippen LogP contribution in [0.5, 0.6) is 0 Å². The molecule has 1 aromatic carbocycles. The van der Waals surface area contributed by atoms with Crippen LogP contribution in [0.4, 0.5) is 0 Å². The monoisotopic (exact) mass is 474 g/mol. The fraction of sp³-hybridized carbons (Fsp3) is 0.474. The molecule has 0 aliphatic carbocycles. The molecule has 1 saturated heterocycles. The highest BCUT2D eigenvalue weighted by atomic mass is 35.5. The Morgan fingerprint density at radius 3 is 2.35 bits per heavy atom. The van der Waals surface area contributed by atoms with Crippen molar-refractivity contribution in [3.8, 4) is 0 Å². The highest BCUT2D eigenvalue weighted by Crippen LogP contribution is 2.21. The molecule has 1 unspecified atom stereocenters. The standard InChI is InChI=1S/C9H20N4.C8H8Cl2N4.C2H4O2/c10-9(11)13-7-8-5-3-1-2-4-6-12-8;9-6-2-1-3-7(10)5(6)4-13-14-8(11)12;1-2(3)4/h8,12H,1-7H2,(H4,10,11,13);1-4H,(H4,11,12,14);1H3,(H,3,4)/b;13-4+;. The minimum Gasteiger partial charge on any atom is -0.481 e. The molecule has 31 heavy (non-hydrogen) atoms. The Morgan fingerprint density at radius 2 is 1.81 bits per heavy atom. The first kappa shape index (κ1) is 28.4. The van der Waals surface area contributed by atoms with Gasteiger partial charge in [0.1, 0.15) is 0 Å². The van der Waals surface area contributed by atoms with Crippen molar-refractivity contribution in [2.45, 2.75) is 45.1 Å². The third kappa shape index (κ3) is 16.9. The number of nitrogens with zero attached hydrogens (tertiary/aromatic N) is 1. The van der Waals surface area contributed by atoms with Crippen molar-refractivity contribution in [1.82, 2.24) is 16.1 Å². The number of aliphatic carboxylic acids is 1. The van der Waals surface area contributed by atoms with Crippen molar-refractivity contribution < 1.29 is 9.90 Å². The minimum absolute atomic E-state index is 0.0730. The number of carboxylic acid groups (broad SMARTS) is 1. The number of hydrazone groups is 1. The summed E-state index contributed by atoms with van der Waals surface area (Å²) in [6.45, 7) is 2.97. The zero-order valence-electron chi connectivity index (χ0n) is 17.5. The number of carboxylic acids is 1. The zero-order valence-corrected chi connectivity index (χ0v) is 19.1. The van der Waals surface area contributed by atoms with Gasteiger partial charge < -0.3 is 27.2 Å². The first-order chi connectivity index (χ1) is 14.6. The number of hydrogen-bond donors (Lipinski definition) is 8. The molecule has 0 bridgehead atoms. The van der Waals surface area contributed by atoms with Crippen molar-refractivity contribution in [2.24, 2.45) is 16.6 Å². The van der Waals surface area contributed by atoms with Gasteiger partial charge in [0, 0.05) is 25.1 Å². The molecule has 0 radical (unpaired) electrons. The summed E-state index contributed by atoms with van der Waals surface area (Å²) >= 11 is 11.7. The Hall–Kier alpha value is -2.56. The summed E-state index contributed by atoms with van der Waals surface area (Å²) in [5, 5.41) is 32.3. The van der Waals surface area contributed by atoms with Gasteiger partial charge >= 0.3 is 0 Å². The molecule has 1 fully saturated rings. The van der Waals surface area contributed by atoms with Gasteiger partial charge in [0.25, 0.3) is 5.97 Å². The van der Waals surface area contributed by atoms with E-state index in [4.69, 9.17) is 55.4 Å². The maximum atomic E-state index is 9.00. The number of nitrogens with one attached hydrogen (secondary N) is 5. The van der Waals surface area contributed by atoms with Crippen molar-refractivity contribution >= 4 is 47.3 Å². The summed E-state index contributed by atoms with van der Waals surface area (Å²) in [4.78, 5) is 9.00. The number of nitrogens with two attached hydrogens (primary N) is 2. The average molecular weight is 475 g/mol. The fourth-order valence-electron chi connectivity index (χ4n) is 2.49. The Morgan fingerprint density at radius 1 is 1.23 bits per heavy atom. The first-order valence-electron chi connectivity index (χ1n) is 9.71. The molecule has 0 saturated carbocycles. The maximum Gasteiger partial charge on any atom is 0.300 e. The van der Waals surface area contributed by atoms with Crippen LogP contribution in [0, 0.1) is 10.8 Å². The predicted octanol–water partition coefficient (Wildman–Crippen LogP) is 2.29. The van der Waals surface area contributed by atoms with Crippen molar-refractivity contribution in [3.63, 3.8) is 0 Å². The summed E-state index contributed by atoms with van der Waals surface area (Å²) in [6, 6.07) is 5.62. The Bertz CT molecular complexity index is 699. The van der Waals surface area contributed by atoms with Crippen LogP contribution in [-0.2, 0) is 4.79 Å². The topological polar surface area (TPSA) is 185 Å². The van der Waals surface area contributed by atoms with E-state index in [0.29, 0.717) is 21.7 Å². The summed E-state index contributed by atoms with van der Waals surface area (Å²) in [5.41, 5.74) is 13.1. The van der Waals surface area contributed by atoms with Crippen LogP contribution in [0.3, 0.4) is 0 Å². The second-order valence-corrected chi connectivity index (χ2v) is 7.40. The lowest BCUT2D eigenvalue weighted by Crippen LogP contribution is -2.43. The summed E-state index contributed by atoms with van der Waals surface area (Å²) in [6.07, 6.45) is 7.86. The van der Waals surface area contributed by atoms with Gasteiger partial charge in [-0.2, -0.15) is 5.10 Å². The second-order valence-electron chi connectivity index (χ2n) is 6.59. The van der Waals surface area contributed by atoms with Gasteiger partial charge in [-0.15, -0.1) is 0 Å². The average Bonchev–Trinajstić information content (AvgIpc) is 2.63. The quantitative estimate of drug-likeness (QED) is 0.186. The smallest absolute Gasteiger partial charge is 0.300 e. The van der Waals surface area contributed by atoms with Crippen LogP contribution in [0.2, 0.25) is 10.0 Å². The first-order valence-corrected chi connectivity index (χ1v) is 10.5. The number of carbonyl (C=O) groups is 1. The second kappa shape index (κ2) is 17.2. The highest BCUT2D eigenvalue weighted by Gasteiger charge is 2.09. The molecular weight excluding hydrogens is 443 g/mol. The number of hydrogen-bond acceptors (Lipinski definition) is 5. The molecule has 1 heterocycles. The third-order valence-electron chi connectivity index (χ3n) is 3.83. The van der Waals surface area contributed by atoms with Gasteiger partial charge in [0.05, 0.1) is 16.3 Å². The van der Waals surface area contributed by atoms with Crippen LogP contribution < -0.4 is 27.5 Å². The van der Waals surface area contributed by atoms with Crippen LogP contribution in [-0.4, -0.2) is 48.3 Å². The normalized spacial score (nSPS) is 15.8. The molecule has 10 nitrogen and oxygen atoms in total. The molecule has 2 rings (SSSR count). The SMILES string of the molecule is CC(=O)O.N=C(N)N/N=C/c1c(Cl)cccc1Cl.N=C(N)NCC1CCCCCCN1. The largest absolute Gasteiger partial charge is 0.481 e. The number of benzene rings is 1. The third-order valence-corrected chi connectivity index (χ3v) is 4.49. The van der Waals surface area contributed by atoms with Crippen LogP contribution in [0.15, 0.2) is 23.3 Å². The molecule has 12 heteroatoms. The van der Waals surface area contributed by atoms with Crippen molar-refractivity contribution in [3.05, 3.63) is 33.8 Å². The van der Waals surface area contributed by atoms with E-state index in [1.54, 1.807) is 18.2 Å². The molecule has 0 amide bonds. The molecule has 0 spiro atoms. The van der Waals surface area contributed by atoms with Gasteiger partial charge in [-0.25, -0.2) is 5.43 Å². The molecule has 1 aliphatic rings. The molecule has 174 valence electrons. The summed E-state index contributed by atoms with van der Waals surface area (Å²) in [7, 11) is 0. The van der Waals surface area contributed by atoms with Gasteiger partial charge in [0.2, 0.25) is 5.96 Å². The lowest BCUT2D eigenvalue weighted by molar-refractivity contribution is -0.134. The summed E-state index contributed by atoms with van der Waals surface area (Å²) < 4.78 is 0. The van der Waals surface area contributed by atoms with Crippen LogP contribution in [0.25, 0.3) is 0 Å². The van der Waals surface area contributed by atoms with Crippen LogP contribution in [0.1, 0.15) is 44.6 Å². The van der Waals surface area contributed by atoms with E-state index >= 15 is 0 Å². The van der Waals surface area contributed by atoms with Crippen molar-refractivity contribution in [2.75, 3.05) is 13.1 Å². The molecular formula is C19H32Cl2N8O2. The molecule has 1 aromatic rings. The Kier molecular flexibility index (Phi) is 15.7. The lowest BCUT2D eigenvalue weighted by Gasteiger charge is -2.21. The van der Waals surface area contributed by atoms with Gasteiger partial charge in [0.15, 0.2) is 5.96 Å². The number of guanidine groups is 2. The predicted molar refractivity (Wildman–Crippen MR) is 127 cm³/mol. The van der Waals surface area contributed by atoms with E-state index in [1.807, 2.05) is 0 Å². The van der Waals surface area contributed by atoms with Crippen molar-refractivity contribution in [1.29, 1.82) is 10.8 Å². The molecule has 1 aliphatic heterocycles. The molecule has 10 N–H and O–H groups in total. The van der Waals surface area contributed by atoms with E-state index in [-0.39, 0.29) is 11.9 Å². The van der Waals surface area contributed by atoms with E-state index in [2.05, 4.69) is 21.2 Å².